The zero-order chi connectivity index (χ0) is 11.5. The zero-order valence-corrected chi connectivity index (χ0v) is 9.80. The molecule has 0 aliphatic carbocycles. The largest absolute Gasteiger partial charge is 0.389 e. The maximum atomic E-state index is 11.9. The van der Waals surface area contributed by atoms with Crippen LogP contribution in [0.25, 0.3) is 0 Å². The normalized spacial score (nSPS) is 11.5. The molecule has 1 aromatic rings. The van der Waals surface area contributed by atoms with Crippen molar-refractivity contribution in [2.45, 2.75) is 19.0 Å². The summed E-state index contributed by atoms with van der Waals surface area (Å²) in [6.45, 7) is 0. The van der Waals surface area contributed by atoms with Gasteiger partial charge in [-0.05, 0) is 28.7 Å². The molecule has 0 bridgehead atoms. The van der Waals surface area contributed by atoms with Gasteiger partial charge in [-0.15, -0.1) is 0 Å². The van der Waals surface area contributed by atoms with Gasteiger partial charge in [0.1, 0.15) is 0 Å². The van der Waals surface area contributed by atoms with Crippen molar-refractivity contribution >= 4 is 28.4 Å². The fourth-order valence-electron chi connectivity index (χ4n) is 1.08. The number of ketones is 1. The second-order valence-electron chi connectivity index (χ2n) is 3.02. The van der Waals surface area contributed by atoms with Crippen LogP contribution < -0.4 is 0 Å². The maximum absolute atomic E-state index is 11.9. The number of hydrogen-bond acceptors (Lipinski definition) is 1. The summed E-state index contributed by atoms with van der Waals surface area (Å²) >= 11 is 1.93. The molecule has 0 saturated heterocycles. The molecule has 0 saturated carbocycles. The predicted octanol–water partition coefficient (Wildman–Crippen LogP) is 3.82. The van der Waals surface area contributed by atoms with E-state index in [4.69, 9.17) is 0 Å². The maximum Gasteiger partial charge on any atom is 0.389 e. The van der Waals surface area contributed by atoms with Crippen molar-refractivity contribution in [1.82, 2.24) is 0 Å². The van der Waals surface area contributed by atoms with Crippen molar-refractivity contribution in [3.63, 3.8) is 0 Å². The van der Waals surface area contributed by atoms with Crippen LogP contribution in [0.2, 0.25) is 0 Å². The average Bonchev–Trinajstić information content (AvgIpc) is 2.14. The number of carbonyl (C=O) groups excluding carboxylic acids is 1. The van der Waals surface area contributed by atoms with Gasteiger partial charge in [0, 0.05) is 15.6 Å². The quantitative estimate of drug-likeness (QED) is 0.609. The highest BCUT2D eigenvalue weighted by atomic mass is 127. The lowest BCUT2D eigenvalue weighted by atomic mass is 10.1. The van der Waals surface area contributed by atoms with Crippen LogP contribution in [0.3, 0.4) is 0 Å². The highest BCUT2D eigenvalue weighted by Crippen LogP contribution is 2.23. The minimum atomic E-state index is -4.27. The number of alkyl halides is 3. The Bertz CT molecular complexity index is 360. The van der Waals surface area contributed by atoms with Crippen LogP contribution in [0.15, 0.2) is 24.3 Å². The van der Waals surface area contributed by atoms with Crippen LogP contribution in [0.4, 0.5) is 13.2 Å². The van der Waals surface area contributed by atoms with Crippen LogP contribution in [0.1, 0.15) is 23.2 Å². The molecular weight excluding hydrogens is 320 g/mol. The van der Waals surface area contributed by atoms with Crippen LogP contribution in [-0.2, 0) is 0 Å². The van der Waals surface area contributed by atoms with Crippen molar-refractivity contribution in [1.29, 1.82) is 0 Å². The van der Waals surface area contributed by atoms with Gasteiger partial charge in [0.15, 0.2) is 5.78 Å². The number of benzene rings is 1. The molecule has 82 valence electrons. The lowest BCUT2D eigenvalue weighted by Crippen LogP contribution is -2.11. The van der Waals surface area contributed by atoms with Crippen molar-refractivity contribution < 1.29 is 18.0 Å². The average molecular weight is 328 g/mol. The molecule has 1 aromatic carbocycles. The number of hydrogen-bond donors (Lipinski definition) is 0. The highest BCUT2D eigenvalue weighted by Gasteiger charge is 2.28. The number of carbonyl (C=O) groups is 1. The Balaban J connectivity index is 2.66. The van der Waals surface area contributed by atoms with Gasteiger partial charge in [-0.2, -0.15) is 13.2 Å². The lowest BCUT2D eigenvalue weighted by Gasteiger charge is -2.06. The molecule has 1 rings (SSSR count). The van der Waals surface area contributed by atoms with Crippen molar-refractivity contribution in [2.75, 3.05) is 0 Å². The van der Waals surface area contributed by atoms with E-state index < -0.39 is 24.8 Å². The molecule has 0 unspecified atom stereocenters. The van der Waals surface area contributed by atoms with E-state index >= 15 is 0 Å². The standard InChI is InChI=1S/C10H8F3IO/c11-10(12,13)6-5-9(15)7-3-1-2-4-8(7)14/h1-4H,5-6H2. The Labute approximate surface area is 98.8 Å². The summed E-state index contributed by atoms with van der Waals surface area (Å²) in [6.07, 6.45) is -5.81. The molecule has 0 amide bonds. The first-order valence-corrected chi connectivity index (χ1v) is 5.32. The van der Waals surface area contributed by atoms with E-state index in [1.54, 1.807) is 24.3 Å². The second kappa shape index (κ2) is 4.96. The molecule has 0 aromatic heterocycles. The molecule has 0 atom stereocenters. The van der Waals surface area contributed by atoms with E-state index in [-0.39, 0.29) is 0 Å². The van der Waals surface area contributed by atoms with Gasteiger partial charge in [-0.25, -0.2) is 0 Å². The summed E-state index contributed by atoms with van der Waals surface area (Å²) in [5.41, 5.74) is 0.363. The number of rotatable bonds is 3. The van der Waals surface area contributed by atoms with Crippen LogP contribution in [0.5, 0.6) is 0 Å². The van der Waals surface area contributed by atoms with Gasteiger partial charge >= 0.3 is 6.18 Å². The fourth-order valence-corrected chi connectivity index (χ4v) is 1.77. The smallest absolute Gasteiger partial charge is 0.294 e. The minimum Gasteiger partial charge on any atom is -0.294 e. The van der Waals surface area contributed by atoms with Gasteiger partial charge < -0.3 is 0 Å². The molecular formula is C10H8F3IO. The minimum absolute atomic E-state index is 0.363. The van der Waals surface area contributed by atoms with Gasteiger partial charge in [0.25, 0.3) is 0 Å². The number of halogens is 4. The third kappa shape index (κ3) is 4.19. The first-order valence-electron chi connectivity index (χ1n) is 4.24. The molecule has 0 heterocycles. The Kier molecular flexibility index (Phi) is 4.12. The van der Waals surface area contributed by atoms with Gasteiger partial charge in [-0.1, -0.05) is 18.2 Å². The molecule has 15 heavy (non-hydrogen) atoms. The van der Waals surface area contributed by atoms with Crippen molar-refractivity contribution in [3.05, 3.63) is 33.4 Å². The topological polar surface area (TPSA) is 17.1 Å². The number of Topliss-reactive ketones (excluding diaryl/α,β-unsaturated/α-hetero) is 1. The zero-order valence-electron chi connectivity index (χ0n) is 7.64. The van der Waals surface area contributed by atoms with Crippen LogP contribution in [-0.4, -0.2) is 12.0 Å². The van der Waals surface area contributed by atoms with E-state index in [2.05, 4.69) is 0 Å². The SMILES string of the molecule is O=C(CCC(F)(F)F)c1ccccc1I. The Morgan fingerprint density at radius 3 is 2.40 bits per heavy atom. The first kappa shape index (κ1) is 12.5. The second-order valence-corrected chi connectivity index (χ2v) is 4.18. The van der Waals surface area contributed by atoms with Crippen molar-refractivity contribution in [3.8, 4) is 0 Å². The molecule has 1 nitrogen and oxygen atoms in total. The summed E-state index contributed by atoms with van der Waals surface area (Å²) in [6, 6.07) is 6.62. The van der Waals surface area contributed by atoms with Crippen LogP contribution >= 0.6 is 22.6 Å². The molecule has 0 aliphatic rings. The van der Waals surface area contributed by atoms with Crippen molar-refractivity contribution in [2.24, 2.45) is 0 Å². The Morgan fingerprint density at radius 2 is 1.87 bits per heavy atom. The summed E-state index contributed by atoms with van der Waals surface area (Å²) < 4.78 is 36.3. The van der Waals surface area contributed by atoms with E-state index in [9.17, 15) is 18.0 Å². The van der Waals surface area contributed by atoms with Gasteiger partial charge in [0.2, 0.25) is 0 Å². The predicted molar refractivity (Wildman–Crippen MR) is 58.8 cm³/mol. The fraction of sp³-hybridized carbons (Fsp3) is 0.300. The summed E-state index contributed by atoms with van der Waals surface area (Å²) in [7, 11) is 0. The van der Waals surface area contributed by atoms with E-state index in [0.717, 1.165) is 0 Å². The lowest BCUT2D eigenvalue weighted by molar-refractivity contribution is -0.133. The summed E-state index contributed by atoms with van der Waals surface area (Å²) in [4.78, 5) is 11.4. The third-order valence-electron chi connectivity index (χ3n) is 1.81. The Hall–Kier alpha value is -0.590. The monoisotopic (exact) mass is 328 g/mol. The molecule has 0 spiro atoms. The third-order valence-corrected chi connectivity index (χ3v) is 2.75. The van der Waals surface area contributed by atoms with E-state index in [1.807, 2.05) is 22.6 Å². The molecule has 0 radical (unpaired) electrons. The van der Waals surface area contributed by atoms with E-state index in [0.29, 0.717) is 9.13 Å². The van der Waals surface area contributed by atoms with Crippen LogP contribution in [0, 0.1) is 3.57 Å². The highest BCUT2D eigenvalue weighted by molar-refractivity contribution is 14.1. The Morgan fingerprint density at radius 1 is 1.27 bits per heavy atom. The summed E-state index contributed by atoms with van der Waals surface area (Å²) in [5.74, 6) is -0.461. The molecule has 5 heteroatoms. The van der Waals surface area contributed by atoms with E-state index in [1.165, 1.54) is 0 Å². The summed E-state index contributed by atoms with van der Waals surface area (Å²) in [5, 5.41) is 0. The molecule has 0 aliphatic heterocycles. The molecule has 0 N–H and O–H groups in total. The van der Waals surface area contributed by atoms with Gasteiger partial charge in [0.05, 0.1) is 6.42 Å². The van der Waals surface area contributed by atoms with Gasteiger partial charge in [-0.3, -0.25) is 4.79 Å². The molecule has 0 fully saturated rings. The first-order chi connectivity index (χ1) is 6.90.